The summed E-state index contributed by atoms with van der Waals surface area (Å²) >= 11 is 0. The first-order valence-electron chi connectivity index (χ1n) is 33.7. The second-order valence-electron chi connectivity index (χ2n) is 24.5. The summed E-state index contributed by atoms with van der Waals surface area (Å²) in [6.07, 6.45) is 30.0. The summed E-state index contributed by atoms with van der Waals surface area (Å²) in [5.41, 5.74) is 26.6. The van der Waals surface area contributed by atoms with Gasteiger partial charge in [-0.25, -0.2) is 9.97 Å². The van der Waals surface area contributed by atoms with E-state index in [0.717, 1.165) is 180 Å². The van der Waals surface area contributed by atoms with Crippen molar-refractivity contribution in [3.05, 3.63) is 337 Å². The van der Waals surface area contributed by atoms with Crippen LogP contribution >= 0.6 is 0 Å². The van der Waals surface area contributed by atoms with Gasteiger partial charge >= 0.3 is 0 Å². The van der Waals surface area contributed by atoms with Gasteiger partial charge in [0.25, 0.3) is 0 Å². The third-order valence-corrected chi connectivity index (χ3v) is 17.7. The second kappa shape index (κ2) is 28.7. The number of nitrogens with zero attached hydrogens (tertiary/aromatic N) is 14. The monoisotopic (exact) mass is 1340 g/mol. The molecule has 2 N–H and O–H groups in total. The Labute approximate surface area is 597 Å². The van der Waals surface area contributed by atoms with Crippen molar-refractivity contribution in [2.45, 2.75) is 0 Å². The smallest absolute Gasteiger partial charge is 0.0886 e. The van der Waals surface area contributed by atoms with Crippen LogP contribution in [0.2, 0.25) is 0 Å². The molecule has 8 bridgehead atoms. The molecule has 0 saturated heterocycles. The van der Waals surface area contributed by atoms with Crippen LogP contribution in [0.5, 0.6) is 0 Å². The number of aromatic amines is 2. The summed E-state index contributed by atoms with van der Waals surface area (Å²) in [6, 6.07) is 80.5. The maximum Gasteiger partial charge on any atom is 0.0886 e. The van der Waals surface area contributed by atoms with Gasteiger partial charge in [0.05, 0.1) is 91.1 Å². The molecule has 4 aromatic carbocycles. The topological polar surface area (TPSA) is 210 Å². The molecule has 16 nitrogen and oxygen atoms in total. The largest absolute Gasteiger partial charge is 0.354 e. The third-order valence-electron chi connectivity index (χ3n) is 17.7. The van der Waals surface area contributed by atoms with Gasteiger partial charge in [0.2, 0.25) is 0 Å². The predicted octanol–water partition coefficient (Wildman–Crippen LogP) is 20.2. The van der Waals surface area contributed by atoms with E-state index in [9.17, 15) is 0 Å². The Kier molecular flexibility index (Phi) is 17.3. The molecule has 16 heteroatoms. The second-order valence-corrected chi connectivity index (χ2v) is 24.5. The van der Waals surface area contributed by atoms with Gasteiger partial charge in [-0.1, -0.05) is 72.8 Å². The zero-order valence-corrected chi connectivity index (χ0v) is 55.6. The lowest BCUT2D eigenvalue weighted by molar-refractivity contribution is 1.24. The molecule has 0 amide bonds. The predicted molar refractivity (Wildman–Crippen MR) is 419 cm³/mol. The number of pyridine rings is 8. The van der Waals surface area contributed by atoms with E-state index in [1.54, 1.807) is 24.8 Å². The summed E-state index contributed by atoms with van der Waals surface area (Å²) in [7, 11) is 0. The molecule has 104 heavy (non-hydrogen) atoms. The van der Waals surface area contributed by atoms with Crippen molar-refractivity contribution in [2.24, 2.45) is 20.0 Å². The number of nitrogens with one attached hydrogen (secondary N) is 2. The first-order chi connectivity index (χ1) is 51.5. The van der Waals surface area contributed by atoms with Gasteiger partial charge in [0, 0.05) is 141 Å². The van der Waals surface area contributed by atoms with Crippen molar-refractivity contribution in [3.63, 3.8) is 0 Å². The Hall–Kier alpha value is -14.6. The zero-order chi connectivity index (χ0) is 69.4. The van der Waals surface area contributed by atoms with E-state index in [-0.39, 0.29) is 0 Å². The van der Waals surface area contributed by atoms with Crippen molar-refractivity contribution in [1.29, 1.82) is 0 Å². The minimum absolute atomic E-state index is 0.760. The fourth-order valence-electron chi connectivity index (χ4n) is 12.5. The molecule has 2 aliphatic heterocycles. The molecule has 15 aromatic rings. The van der Waals surface area contributed by atoms with Gasteiger partial charge in [-0.2, -0.15) is 0 Å². The lowest BCUT2D eigenvalue weighted by Gasteiger charge is -2.08. The molecule has 13 heterocycles. The average Bonchev–Trinajstić information content (AvgIpc) is 1.61. The van der Waals surface area contributed by atoms with Crippen molar-refractivity contribution >= 4 is 94.0 Å². The van der Waals surface area contributed by atoms with Crippen molar-refractivity contribution < 1.29 is 0 Å². The number of H-pyrrole nitrogens is 2. The van der Waals surface area contributed by atoms with Gasteiger partial charge in [0.15, 0.2) is 0 Å². The molecule has 0 radical (unpaired) electrons. The van der Waals surface area contributed by atoms with E-state index in [1.807, 2.05) is 220 Å². The maximum atomic E-state index is 5.62. The number of hydrogen-bond acceptors (Lipinski definition) is 14. The Balaban J connectivity index is 0.794. The highest BCUT2D eigenvalue weighted by molar-refractivity contribution is 6.01. The lowest BCUT2D eigenvalue weighted by atomic mass is 10.0. The minimum Gasteiger partial charge on any atom is -0.354 e. The standard InChI is InChI=1S/C88H58N16/c1-5-45-89-69(9-1)73-33-13-57(53-97-73)49-93-65-25-17-61(18-26-65)85-77-37-39-79(101-77)86(62-19-27-66(28-20-62)94-50-58-14-34-74(98-54-58)70-10-2-6-46-90-70)81-41-43-83(103-81)88(64-23-31-68(32-24-64)96-52-60-16-36-76(100-56-60)72-12-4-8-48-92-72)84-44-42-82(104-84)87(80-40-38-78(85)102-80)63-21-29-67(30-22-63)95-51-59-15-35-75(99-55-59)71-11-3-7-47-91-71/h1-56,101,104H. The fraction of sp³-hybridized carbons (Fsp3) is 0. The molecule has 490 valence electrons. The molecule has 2 aliphatic rings. The van der Waals surface area contributed by atoms with Crippen LogP contribution in [0.15, 0.2) is 312 Å². The Morgan fingerprint density at radius 2 is 0.452 bits per heavy atom. The maximum absolute atomic E-state index is 5.62. The molecule has 0 fully saturated rings. The molecule has 17 rings (SSSR count). The molecule has 0 unspecified atom stereocenters. The van der Waals surface area contributed by atoms with Crippen molar-refractivity contribution in [3.8, 4) is 90.1 Å². The summed E-state index contributed by atoms with van der Waals surface area (Å²) in [5, 5.41) is 0. The van der Waals surface area contributed by atoms with Crippen LogP contribution < -0.4 is 0 Å². The summed E-state index contributed by atoms with van der Waals surface area (Å²) in [5.74, 6) is 0. The van der Waals surface area contributed by atoms with Gasteiger partial charge < -0.3 is 9.97 Å². The van der Waals surface area contributed by atoms with Crippen LogP contribution in [-0.2, 0) is 0 Å². The number of fused-ring (bicyclic) bond motifs is 8. The highest BCUT2D eigenvalue weighted by Gasteiger charge is 2.20. The number of rotatable bonds is 16. The van der Waals surface area contributed by atoms with Crippen LogP contribution in [0.25, 0.3) is 136 Å². The van der Waals surface area contributed by atoms with E-state index in [2.05, 4.69) is 147 Å². The van der Waals surface area contributed by atoms with Crippen LogP contribution in [0.4, 0.5) is 22.7 Å². The molecule has 11 aromatic heterocycles. The quantitative estimate of drug-likeness (QED) is 0.0874. The molecular formula is C88H58N16. The van der Waals surface area contributed by atoms with Crippen LogP contribution in [-0.4, -0.2) is 84.7 Å². The van der Waals surface area contributed by atoms with Crippen LogP contribution in [0, 0.1) is 0 Å². The van der Waals surface area contributed by atoms with E-state index in [4.69, 9.17) is 29.9 Å². The molecule has 0 aliphatic carbocycles. The van der Waals surface area contributed by atoms with Crippen molar-refractivity contribution in [2.75, 3.05) is 0 Å². The molecule has 0 atom stereocenters. The van der Waals surface area contributed by atoms with Gasteiger partial charge in [-0.15, -0.1) is 0 Å². The average molecular weight is 1340 g/mol. The summed E-state index contributed by atoms with van der Waals surface area (Å²) in [4.78, 5) is 75.2. The highest BCUT2D eigenvalue weighted by Crippen LogP contribution is 2.40. The Morgan fingerprint density at radius 1 is 0.221 bits per heavy atom. The number of hydrogen-bond donors (Lipinski definition) is 2. The first-order valence-corrected chi connectivity index (χ1v) is 33.7. The first kappa shape index (κ1) is 62.8. The normalized spacial score (nSPS) is 12.0. The Bertz CT molecular complexity index is 5240. The Morgan fingerprint density at radius 3 is 0.654 bits per heavy atom. The lowest BCUT2D eigenvalue weighted by Crippen LogP contribution is -1.90. The van der Waals surface area contributed by atoms with Crippen molar-refractivity contribution in [1.82, 2.24) is 59.8 Å². The minimum atomic E-state index is 0.760. The van der Waals surface area contributed by atoms with Crippen LogP contribution in [0.3, 0.4) is 0 Å². The van der Waals surface area contributed by atoms with Crippen LogP contribution in [0.1, 0.15) is 45.0 Å². The SMILES string of the molecule is C1=Cc2nc1c(-c1ccc(N=Cc3ccc(-c4ccccn4)nc3)cc1)c1ccc([nH]1)c(-c1ccc(N=Cc3ccc(-c4ccccn4)nc3)cc1)c1nc(c(-c3ccc(N=Cc4ccc(-c5ccccn5)nc4)cc3)c3ccc([nH]3)c2-c2ccc(N=Cc3ccc(-c4ccccn4)nc3)cc2)C=C1. The molecule has 0 saturated carbocycles. The number of aliphatic imine (C=N–C) groups is 4. The fourth-order valence-corrected chi connectivity index (χ4v) is 12.5. The van der Waals surface area contributed by atoms with E-state index in [0.29, 0.717) is 0 Å². The molecule has 0 spiro atoms. The van der Waals surface area contributed by atoms with Gasteiger partial charge in [0.1, 0.15) is 0 Å². The third kappa shape index (κ3) is 13.8. The van der Waals surface area contributed by atoms with E-state index < -0.39 is 0 Å². The van der Waals surface area contributed by atoms with E-state index in [1.165, 1.54) is 0 Å². The molecular weight excluding hydrogens is 1280 g/mol. The zero-order valence-electron chi connectivity index (χ0n) is 55.6. The number of aromatic nitrogens is 12. The van der Waals surface area contributed by atoms with Gasteiger partial charge in [-0.3, -0.25) is 59.8 Å². The van der Waals surface area contributed by atoms with E-state index >= 15 is 0 Å². The number of benzene rings is 4. The summed E-state index contributed by atoms with van der Waals surface area (Å²) < 4.78 is 0. The summed E-state index contributed by atoms with van der Waals surface area (Å²) in [6.45, 7) is 0. The highest BCUT2D eigenvalue weighted by atomic mass is 14.8. The van der Waals surface area contributed by atoms with Gasteiger partial charge in [-0.05, 0) is 216 Å².